The van der Waals surface area contributed by atoms with Crippen LogP contribution in [-0.4, -0.2) is 33.6 Å². The second kappa shape index (κ2) is 5.80. The molecule has 0 fully saturated rings. The molecule has 1 heterocycles. The Morgan fingerprint density at radius 1 is 1.40 bits per heavy atom. The molecule has 1 aromatic carbocycles. The van der Waals surface area contributed by atoms with Gasteiger partial charge in [0, 0.05) is 17.1 Å². The number of carbonyl (C=O) groups excluding carboxylic acids is 1. The lowest BCUT2D eigenvalue weighted by atomic mass is 10.0. The number of rotatable bonds is 4. The van der Waals surface area contributed by atoms with E-state index in [1.54, 1.807) is 12.1 Å². The van der Waals surface area contributed by atoms with Gasteiger partial charge in [0.25, 0.3) is 5.91 Å². The third kappa shape index (κ3) is 2.94. The molecule has 4 N–H and O–H groups in total. The van der Waals surface area contributed by atoms with Gasteiger partial charge in [0.05, 0.1) is 16.6 Å². The Balaban J connectivity index is 2.37. The number of aliphatic hydroxyl groups excluding tert-OH is 1. The minimum Gasteiger partial charge on any atom is -0.396 e. The molecule has 20 heavy (non-hydrogen) atoms. The molecular formula is C13H16BrN3O3. The summed E-state index contributed by atoms with van der Waals surface area (Å²) < 4.78 is 0.702. The first-order valence-electron chi connectivity index (χ1n) is 6.25. The number of H-pyrrole nitrogens is 2. The van der Waals surface area contributed by atoms with Gasteiger partial charge >= 0.3 is 5.69 Å². The minimum absolute atomic E-state index is 0.00364. The van der Waals surface area contributed by atoms with Gasteiger partial charge in [-0.25, -0.2) is 4.79 Å². The quantitative estimate of drug-likeness (QED) is 0.675. The lowest BCUT2D eigenvalue weighted by Crippen LogP contribution is -2.38. The summed E-state index contributed by atoms with van der Waals surface area (Å²) in [5.74, 6) is -0.341. The number of halogens is 1. The van der Waals surface area contributed by atoms with Crippen molar-refractivity contribution in [3.05, 3.63) is 32.7 Å². The summed E-state index contributed by atoms with van der Waals surface area (Å²) >= 11 is 3.31. The zero-order chi connectivity index (χ0) is 14.9. The molecule has 0 saturated heterocycles. The van der Waals surface area contributed by atoms with Crippen LogP contribution < -0.4 is 11.0 Å². The van der Waals surface area contributed by atoms with Gasteiger partial charge in [0.1, 0.15) is 0 Å². The van der Waals surface area contributed by atoms with E-state index in [-0.39, 0.29) is 30.2 Å². The summed E-state index contributed by atoms with van der Waals surface area (Å²) in [6, 6.07) is 3.20. The normalized spacial score (nSPS) is 14.2. The average Bonchev–Trinajstić information content (AvgIpc) is 2.76. The summed E-state index contributed by atoms with van der Waals surface area (Å²) in [5.41, 5.74) is 1.06. The van der Waals surface area contributed by atoms with E-state index in [9.17, 15) is 9.59 Å². The first kappa shape index (κ1) is 14.8. The highest BCUT2D eigenvalue weighted by Crippen LogP contribution is 2.21. The predicted octanol–water partition coefficient (Wildman–Crippen LogP) is 1.37. The highest BCUT2D eigenvalue weighted by Gasteiger charge is 2.18. The number of nitrogens with one attached hydrogen (secondary N) is 3. The van der Waals surface area contributed by atoms with Crippen LogP contribution in [0.15, 0.2) is 21.4 Å². The van der Waals surface area contributed by atoms with Crippen molar-refractivity contribution >= 4 is 32.9 Å². The summed E-state index contributed by atoms with van der Waals surface area (Å²) in [4.78, 5) is 28.9. The number of fused-ring (bicyclic) bond motifs is 1. The number of hydrogen-bond donors (Lipinski definition) is 4. The number of carbonyl (C=O) groups is 1. The molecule has 0 aliphatic heterocycles. The molecule has 2 atom stereocenters. The molecule has 0 radical (unpaired) electrons. The van der Waals surface area contributed by atoms with Crippen molar-refractivity contribution < 1.29 is 9.90 Å². The van der Waals surface area contributed by atoms with Gasteiger partial charge in [0.15, 0.2) is 0 Å². The Morgan fingerprint density at radius 2 is 2.10 bits per heavy atom. The Hall–Kier alpha value is -1.60. The highest BCUT2D eigenvalue weighted by atomic mass is 79.9. The summed E-state index contributed by atoms with van der Waals surface area (Å²) in [5, 5.41) is 11.9. The van der Waals surface area contributed by atoms with Crippen molar-refractivity contribution in [1.82, 2.24) is 15.3 Å². The number of amides is 1. The summed E-state index contributed by atoms with van der Waals surface area (Å²) in [7, 11) is 0. The molecule has 1 aromatic heterocycles. The number of imidazole rings is 1. The standard InChI is InChI=1S/C13H16BrN3O3/c1-6(5-18)7(2)15-12(19)9-3-8(14)4-10-11(9)17-13(20)16-10/h3-4,6-7,18H,5H2,1-2H3,(H,15,19)(H2,16,17,20)/t6-,7+/m0/s1. The third-order valence-corrected chi connectivity index (χ3v) is 3.79. The lowest BCUT2D eigenvalue weighted by Gasteiger charge is -2.19. The fraction of sp³-hybridized carbons (Fsp3) is 0.385. The van der Waals surface area contributed by atoms with Crippen LogP contribution in [0.5, 0.6) is 0 Å². The van der Waals surface area contributed by atoms with Crippen molar-refractivity contribution in [2.24, 2.45) is 5.92 Å². The number of hydrogen-bond acceptors (Lipinski definition) is 3. The number of benzene rings is 1. The van der Waals surface area contributed by atoms with Crippen molar-refractivity contribution in [2.75, 3.05) is 6.61 Å². The molecule has 0 unspecified atom stereocenters. The van der Waals surface area contributed by atoms with E-state index in [4.69, 9.17) is 5.11 Å². The Kier molecular flexibility index (Phi) is 4.29. The van der Waals surface area contributed by atoms with Crippen LogP contribution >= 0.6 is 15.9 Å². The Labute approximate surface area is 123 Å². The fourth-order valence-corrected chi connectivity index (χ4v) is 2.33. The first-order chi connectivity index (χ1) is 9.42. The van der Waals surface area contributed by atoms with E-state index in [1.807, 2.05) is 13.8 Å². The van der Waals surface area contributed by atoms with E-state index < -0.39 is 0 Å². The largest absolute Gasteiger partial charge is 0.396 e. The highest BCUT2D eigenvalue weighted by molar-refractivity contribution is 9.10. The first-order valence-corrected chi connectivity index (χ1v) is 7.05. The molecule has 0 aliphatic rings. The van der Waals surface area contributed by atoms with Crippen LogP contribution in [0.1, 0.15) is 24.2 Å². The van der Waals surface area contributed by atoms with Gasteiger partial charge < -0.3 is 20.4 Å². The fourth-order valence-electron chi connectivity index (χ4n) is 1.87. The monoisotopic (exact) mass is 341 g/mol. The van der Waals surface area contributed by atoms with Crippen LogP contribution in [-0.2, 0) is 0 Å². The second-order valence-corrected chi connectivity index (χ2v) is 5.79. The van der Waals surface area contributed by atoms with Crippen LogP contribution in [0, 0.1) is 5.92 Å². The second-order valence-electron chi connectivity index (χ2n) is 4.88. The SMILES string of the molecule is C[C@@H](CO)[C@@H](C)NC(=O)c1cc(Br)cc2[nH]c(=O)[nH]c12. The van der Waals surface area contributed by atoms with Crippen LogP contribution in [0.2, 0.25) is 0 Å². The average molecular weight is 342 g/mol. The molecular weight excluding hydrogens is 326 g/mol. The van der Waals surface area contributed by atoms with Gasteiger partial charge in [-0.05, 0) is 25.0 Å². The van der Waals surface area contributed by atoms with Crippen molar-refractivity contribution in [1.29, 1.82) is 0 Å². The van der Waals surface area contributed by atoms with E-state index in [0.29, 0.717) is 21.1 Å². The van der Waals surface area contributed by atoms with Crippen molar-refractivity contribution in [3.8, 4) is 0 Å². The molecule has 0 spiro atoms. The van der Waals surface area contributed by atoms with E-state index in [2.05, 4.69) is 31.2 Å². The van der Waals surface area contributed by atoms with Gasteiger partial charge in [0.2, 0.25) is 0 Å². The Morgan fingerprint density at radius 3 is 2.75 bits per heavy atom. The van der Waals surface area contributed by atoms with E-state index >= 15 is 0 Å². The lowest BCUT2D eigenvalue weighted by molar-refractivity contribution is 0.0918. The minimum atomic E-state index is -0.357. The van der Waals surface area contributed by atoms with E-state index in [1.165, 1.54) is 0 Å². The molecule has 0 bridgehead atoms. The number of aliphatic hydroxyl groups is 1. The molecule has 2 rings (SSSR count). The Bertz CT molecular complexity index is 692. The van der Waals surface area contributed by atoms with Crippen LogP contribution in [0.25, 0.3) is 11.0 Å². The van der Waals surface area contributed by atoms with Gasteiger partial charge in [-0.2, -0.15) is 0 Å². The topological polar surface area (TPSA) is 98.0 Å². The molecule has 0 saturated carbocycles. The van der Waals surface area contributed by atoms with Crippen LogP contribution in [0.4, 0.5) is 0 Å². The van der Waals surface area contributed by atoms with Crippen LogP contribution in [0.3, 0.4) is 0 Å². The summed E-state index contributed by atoms with van der Waals surface area (Å²) in [6.45, 7) is 3.67. The maximum Gasteiger partial charge on any atom is 0.323 e. The van der Waals surface area contributed by atoms with Gasteiger partial charge in [-0.3, -0.25) is 4.79 Å². The predicted molar refractivity (Wildman–Crippen MR) is 79.8 cm³/mol. The van der Waals surface area contributed by atoms with Crippen molar-refractivity contribution in [2.45, 2.75) is 19.9 Å². The van der Waals surface area contributed by atoms with Gasteiger partial charge in [-0.15, -0.1) is 0 Å². The maximum atomic E-state index is 12.3. The smallest absolute Gasteiger partial charge is 0.323 e. The zero-order valence-electron chi connectivity index (χ0n) is 11.2. The summed E-state index contributed by atoms with van der Waals surface area (Å²) in [6.07, 6.45) is 0. The number of aromatic amines is 2. The molecule has 1 amide bonds. The van der Waals surface area contributed by atoms with Gasteiger partial charge in [-0.1, -0.05) is 22.9 Å². The molecule has 0 aliphatic carbocycles. The number of aromatic nitrogens is 2. The molecule has 108 valence electrons. The zero-order valence-corrected chi connectivity index (χ0v) is 12.7. The van der Waals surface area contributed by atoms with Crippen molar-refractivity contribution in [3.63, 3.8) is 0 Å². The van der Waals surface area contributed by atoms with E-state index in [0.717, 1.165) is 0 Å². The maximum absolute atomic E-state index is 12.3. The molecule has 6 nitrogen and oxygen atoms in total. The molecule has 2 aromatic rings. The molecule has 7 heteroatoms. The third-order valence-electron chi connectivity index (χ3n) is 3.33.